The molecule has 8 heteroatoms. The van der Waals surface area contributed by atoms with Crippen molar-refractivity contribution in [3.63, 3.8) is 0 Å². The first-order valence-corrected chi connectivity index (χ1v) is 9.54. The van der Waals surface area contributed by atoms with Gasteiger partial charge in [0.05, 0.1) is 35.3 Å². The van der Waals surface area contributed by atoms with E-state index in [1.807, 2.05) is 6.07 Å². The minimum atomic E-state index is -0.307. The minimum Gasteiger partial charge on any atom is -0.450 e. The Balaban J connectivity index is 1.59. The second-order valence-corrected chi connectivity index (χ2v) is 6.68. The Morgan fingerprint density at radius 2 is 2.03 bits per heavy atom. The molecule has 2 N–H and O–H groups in total. The third kappa shape index (κ3) is 5.23. The van der Waals surface area contributed by atoms with Crippen molar-refractivity contribution in [3.05, 3.63) is 53.9 Å². The van der Waals surface area contributed by atoms with Crippen molar-refractivity contribution in [2.24, 2.45) is 0 Å². The maximum Gasteiger partial charge on any atom is 0.409 e. The molecule has 1 aromatic heterocycles. The molecule has 3 rings (SSSR count). The number of carbonyl (C=O) groups excluding carboxylic acids is 2. The number of amides is 2. The van der Waals surface area contributed by atoms with E-state index in [2.05, 4.69) is 21.7 Å². The van der Waals surface area contributed by atoms with Gasteiger partial charge in [-0.25, -0.2) is 4.79 Å². The molecule has 1 fully saturated rings. The zero-order chi connectivity index (χ0) is 20.6. The minimum absolute atomic E-state index is 0.0101. The number of rotatable bonds is 5. The van der Waals surface area contributed by atoms with Gasteiger partial charge in [-0.05, 0) is 38.0 Å². The van der Waals surface area contributed by atoms with Crippen LogP contribution in [0.5, 0.6) is 0 Å². The number of hydrogen-bond acceptors (Lipinski definition) is 6. The van der Waals surface area contributed by atoms with E-state index in [1.54, 1.807) is 42.3 Å². The van der Waals surface area contributed by atoms with E-state index in [-0.39, 0.29) is 18.0 Å². The zero-order valence-corrected chi connectivity index (χ0v) is 16.2. The zero-order valence-electron chi connectivity index (χ0n) is 16.2. The molecule has 29 heavy (non-hydrogen) atoms. The summed E-state index contributed by atoms with van der Waals surface area (Å²) < 4.78 is 5.01. The van der Waals surface area contributed by atoms with Crippen LogP contribution in [0.15, 0.2) is 42.7 Å². The Bertz CT molecular complexity index is 917. The molecule has 0 aliphatic carbocycles. The standard InChI is InChI=1S/C21H23N5O3/c1-2-29-21(28)26-9-7-17(8-10-26)25-20(27)16-11-18(14-23-13-16)24-19-6-4-3-5-15(19)12-22/h3-6,11,13-14,17,24H,2,7-10H2,1H3,(H,25,27). The van der Waals surface area contributed by atoms with E-state index < -0.39 is 0 Å². The summed E-state index contributed by atoms with van der Waals surface area (Å²) in [4.78, 5) is 30.2. The predicted molar refractivity (Wildman–Crippen MR) is 108 cm³/mol. The quantitative estimate of drug-likeness (QED) is 0.808. The van der Waals surface area contributed by atoms with E-state index in [4.69, 9.17) is 4.74 Å². The van der Waals surface area contributed by atoms with E-state index in [0.29, 0.717) is 55.0 Å². The number of carbonyl (C=O) groups is 2. The van der Waals surface area contributed by atoms with Crippen molar-refractivity contribution in [3.8, 4) is 6.07 Å². The number of hydrogen-bond donors (Lipinski definition) is 2. The number of nitrogens with one attached hydrogen (secondary N) is 2. The molecule has 1 aliphatic rings. The van der Waals surface area contributed by atoms with Gasteiger partial charge in [-0.1, -0.05) is 12.1 Å². The summed E-state index contributed by atoms with van der Waals surface area (Å²) in [6, 6.07) is 10.9. The van der Waals surface area contributed by atoms with Crippen LogP contribution >= 0.6 is 0 Å². The predicted octanol–water partition coefficient (Wildman–Crippen LogP) is 3.05. The number of ether oxygens (including phenoxy) is 1. The average Bonchev–Trinajstić information content (AvgIpc) is 2.75. The van der Waals surface area contributed by atoms with Crippen LogP contribution in [0.4, 0.5) is 16.2 Å². The second kappa shape index (κ2) is 9.55. The van der Waals surface area contributed by atoms with Gasteiger partial charge < -0.3 is 20.3 Å². The normalized spacial score (nSPS) is 14.0. The molecule has 0 bridgehead atoms. The summed E-state index contributed by atoms with van der Waals surface area (Å²) in [5.41, 5.74) is 2.21. The van der Waals surface area contributed by atoms with Gasteiger partial charge in [0.1, 0.15) is 6.07 Å². The van der Waals surface area contributed by atoms with Crippen molar-refractivity contribution in [2.75, 3.05) is 25.0 Å². The Hall–Kier alpha value is -3.60. The smallest absolute Gasteiger partial charge is 0.409 e. The molecule has 0 spiro atoms. The lowest BCUT2D eigenvalue weighted by atomic mass is 10.0. The fourth-order valence-electron chi connectivity index (χ4n) is 3.17. The van der Waals surface area contributed by atoms with Gasteiger partial charge in [0.2, 0.25) is 0 Å². The number of nitriles is 1. The van der Waals surface area contributed by atoms with Crippen LogP contribution in [0.3, 0.4) is 0 Å². The molecular formula is C21H23N5O3. The number of piperidine rings is 1. The largest absolute Gasteiger partial charge is 0.450 e. The van der Waals surface area contributed by atoms with Crippen LogP contribution in [-0.4, -0.2) is 47.6 Å². The Labute approximate surface area is 169 Å². The SMILES string of the molecule is CCOC(=O)N1CCC(NC(=O)c2cncc(Nc3ccccc3C#N)c2)CC1. The Morgan fingerprint density at radius 1 is 1.28 bits per heavy atom. The van der Waals surface area contributed by atoms with Crippen LogP contribution in [0, 0.1) is 11.3 Å². The third-order valence-corrected chi connectivity index (χ3v) is 4.68. The Kier molecular flexibility index (Phi) is 6.63. The van der Waals surface area contributed by atoms with Gasteiger partial charge in [-0.2, -0.15) is 5.26 Å². The van der Waals surface area contributed by atoms with E-state index in [0.717, 1.165) is 0 Å². The molecule has 2 amide bonds. The summed E-state index contributed by atoms with van der Waals surface area (Å²) in [6.45, 7) is 3.23. The van der Waals surface area contributed by atoms with E-state index >= 15 is 0 Å². The van der Waals surface area contributed by atoms with E-state index in [9.17, 15) is 14.9 Å². The Morgan fingerprint density at radius 3 is 2.76 bits per heavy atom. The van der Waals surface area contributed by atoms with Crippen LogP contribution in [0.1, 0.15) is 35.7 Å². The van der Waals surface area contributed by atoms with Crippen LogP contribution < -0.4 is 10.6 Å². The third-order valence-electron chi connectivity index (χ3n) is 4.68. The van der Waals surface area contributed by atoms with Crippen LogP contribution in [-0.2, 0) is 4.74 Å². The van der Waals surface area contributed by atoms with Crippen molar-refractivity contribution in [2.45, 2.75) is 25.8 Å². The monoisotopic (exact) mass is 393 g/mol. The van der Waals surface area contributed by atoms with Gasteiger partial charge in [0.25, 0.3) is 5.91 Å². The number of anilines is 2. The molecule has 2 heterocycles. The van der Waals surface area contributed by atoms with Gasteiger partial charge in [0, 0.05) is 25.3 Å². The second-order valence-electron chi connectivity index (χ2n) is 6.68. The first kappa shape index (κ1) is 20.1. The molecular weight excluding hydrogens is 370 g/mol. The van der Waals surface area contributed by atoms with Crippen molar-refractivity contribution >= 4 is 23.4 Å². The molecule has 0 saturated carbocycles. The molecule has 1 saturated heterocycles. The van der Waals surface area contributed by atoms with Gasteiger partial charge in [0.15, 0.2) is 0 Å². The average molecular weight is 393 g/mol. The van der Waals surface area contributed by atoms with Crippen molar-refractivity contribution in [1.82, 2.24) is 15.2 Å². The summed E-state index contributed by atoms with van der Waals surface area (Å²) in [6.07, 6.45) is 4.14. The van der Waals surface area contributed by atoms with E-state index in [1.165, 1.54) is 6.20 Å². The van der Waals surface area contributed by atoms with Crippen molar-refractivity contribution in [1.29, 1.82) is 5.26 Å². The lowest BCUT2D eigenvalue weighted by Gasteiger charge is -2.31. The molecule has 1 aromatic carbocycles. The highest BCUT2D eigenvalue weighted by Gasteiger charge is 2.25. The van der Waals surface area contributed by atoms with Gasteiger partial charge >= 0.3 is 6.09 Å². The number of likely N-dealkylation sites (tertiary alicyclic amines) is 1. The summed E-state index contributed by atoms with van der Waals surface area (Å²) in [5, 5.41) is 15.3. The van der Waals surface area contributed by atoms with Crippen molar-refractivity contribution < 1.29 is 14.3 Å². The summed E-state index contributed by atoms with van der Waals surface area (Å²) in [7, 11) is 0. The maximum absolute atomic E-state index is 12.6. The van der Waals surface area contributed by atoms with Gasteiger partial charge in [-0.15, -0.1) is 0 Å². The highest BCUT2D eigenvalue weighted by molar-refractivity contribution is 5.95. The highest BCUT2D eigenvalue weighted by Crippen LogP contribution is 2.20. The van der Waals surface area contributed by atoms with Crippen LogP contribution in [0.25, 0.3) is 0 Å². The molecule has 150 valence electrons. The number of nitrogens with zero attached hydrogens (tertiary/aromatic N) is 3. The lowest BCUT2D eigenvalue weighted by molar-refractivity contribution is 0.0860. The molecule has 2 aromatic rings. The fraction of sp³-hybridized carbons (Fsp3) is 0.333. The first-order chi connectivity index (χ1) is 14.1. The topological polar surface area (TPSA) is 107 Å². The molecule has 0 atom stereocenters. The van der Waals surface area contributed by atoms with Crippen LogP contribution in [0.2, 0.25) is 0 Å². The van der Waals surface area contributed by atoms with Gasteiger partial charge in [-0.3, -0.25) is 9.78 Å². The molecule has 0 unspecified atom stereocenters. The number of pyridine rings is 1. The molecule has 8 nitrogen and oxygen atoms in total. The summed E-state index contributed by atoms with van der Waals surface area (Å²) >= 11 is 0. The summed E-state index contributed by atoms with van der Waals surface area (Å²) in [5.74, 6) is -0.218. The first-order valence-electron chi connectivity index (χ1n) is 9.54. The molecule has 0 radical (unpaired) electrons. The lowest BCUT2D eigenvalue weighted by Crippen LogP contribution is -2.46. The highest BCUT2D eigenvalue weighted by atomic mass is 16.6. The number of benzene rings is 1. The fourth-order valence-corrected chi connectivity index (χ4v) is 3.17. The number of aromatic nitrogens is 1. The molecule has 1 aliphatic heterocycles. The maximum atomic E-state index is 12.6. The number of para-hydroxylation sites is 1.